The first-order valence-electron chi connectivity index (χ1n) is 9.36. The van der Waals surface area contributed by atoms with Gasteiger partial charge in [-0.1, -0.05) is 23.2 Å². The highest BCUT2D eigenvalue weighted by Gasteiger charge is 2.35. The normalized spacial score (nSPS) is 15.9. The smallest absolute Gasteiger partial charge is 0.259 e. The molecule has 0 spiro atoms. The van der Waals surface area contributed by atoms with Crippen molar-refractivity contribution in [3.63, 3.8) is 0 Å². The maximum atomic E-state index is 14.1. The van der Waals surface area contributed by atoms with E-state index in [-0.39, 0.29) is 16.6 Å². The zero-order chi connectivity index (χ0) is 21.5. The summed E-state index contributed by atoms with van der Waals surface area (Å²) in [6.07, 6.45) is 3.71. The zero-order valence-corrected chi connectivity index (χ0v) is 17.6. The number of aromatic nitrogens is 1. The summed E-state index contributed by atoms with van der Waals surface area (Å²) in [5, 5.41) is 3.97. The number of halogens is 3. The van der Waals surface area contributed by atoms with Gasteiger partial charge in [-0.15, -0.1) is 0 Å². The van der Waals surface area contributed by atoms with E-state index in [4.69, 9.17) is 27.6 Å². The second-order valence-corrected chi connectivity index (χ2v) is 8.29. The molecule has 4 rings (SSSR count). The first-order valence-corrected chi connectivity index (χ1v) is 10.1. The fourth-order valence-corrected chi connectivity index (χ4v) is 4.10. The molecule has 2 aromatic heterocycles. The van der Waals surface area contributed by atoms with Crippen LogP contribution in [0.5, 0.6) is 0 Å². The molecule has 1 N–H and O–H groups in total. The minimum Gasteiger partial charge on any atom is -0.463 e. The number of likely N-dealkylation sites (tertiary alicyclic amines) is 1. The highest BCUT2D eigenvalue weighted by molar-refractivity contribution is 6.35. The van der Waals surface area contributed by atoms with Gasteiger partial charge in [-0.3, -0.25) is 9.59 Å². The Balaban J connectivity index is 1.46. The highest BCUT2D eigenvalue weighted by atomic mass is 35.5. The van der Waals surface area contributed by atoms with E-state index in [0.717, 1.165) is 6.07 Å². The number of carbonyl (C=O) groups excluding carboxylic acids is 2. The lowest BCUT2D eigenvalue weighted by Crippen LogP contribution is -2.54. The van der Waals surface area contributed by atoms with Crippen LogP contribution >= 0.6 is 23.2 Å². The van der Waals surface area contributed by atoms with Crippen LogP contribution in [0.2, 0.25) is 10.2 Å². The number of piperidine rings is 1. The monoisotopic (exact) mass is 449 g/mol. The summed E-state index contributed by atoms with van der Waals surface area (Å²) in [6.45, 7) is 2.62. The first-order chi connectivity index (χ1) is 14.3. The van der Waals surface area contributed by atoms with E-state index < -0.39 is 17.3 Å². The van der Waals surface area contributed by atoms with Gasteiger partial charge < -0.3 is 14.6 Å². The van der Waals surface area contributed by atoms with Crippen LogP contribution < -0.4 is 5.32 Å². The molecule has 9 heteroatoms. The lowest BCUT2D eigenvalue weighted by atomic mass is 9.88. The lowest BCUT2D eigenvalue weighted by Gasteiger charge is -2.40. The van der Waals surface area contributed by atoms with Crippen molar-refractivity contribution in [2.24, 2.45) is 0 Å². The third kappa shape index (κ3) is 3.75. The molecule has 3 heterocycles. The summed E-state index contributed by atoms with van der Waals surface area (Å²) in [7, 11) is 0. The van der Waals surface area contributed by atoms with Crippen molar-refractivity contribution in [2.45, 2.75) is 25.3 Å². The average Bonchev–Trinajstić information content (AvgIpc) is 3.19. The van der Waals surface area contributed by atoms with E-state index in [1.807, 2.05) is 6.92 Å². The molecule has 0 bridgehead atoms. The van der Waals surface area contributed by atoms with Crippen molar-refractivity contribution >= 4 is 46.0 Å². The Labute approximate surface area is 182 Å². The summed E-state index contributed by atoms with van der Waals surface area (Å²) < 4.78 is 19.4. The number of rotatable bonds is 3. The van der Waals surface area contributed by atoms with Gasteiger partial charge in [0, 0.05) is 30.2 Å². The molecule has 0 aliphatic carbocycles. The molecular weight excluding hydrogens is 432 g/mol. The number of furan rings is 1. The summed E-state index contributed by atoms with van der Waals surface area (Å²) >= 11 is 12.0. The summed E-state index contributed by atoms with van der Waals surface area (Å²) in [5.41, 5.74) is 0.175. The Bertz CT molecular complexity index is 1120. The molecule has 6 nitrogen and oxygen atoms in total. The predicted molar refractivity (Wildman–Crippen MR) is 111 cm³/mol. The number of hydrogen-bond acceptors (Lipinski definition) is 4. The van der Waals surface area contributed by atoms with Crippen molar-refractivity contribution in [3.05, 3.63) is 63.8 Å². The maximum Gasteiger partial charge on any atom is 0.259 e. The molecule has 30 heavy (non-hydrogen) atoms. The van der Waals surface area contributed by atoms with Crippen LogP contribution in [0, 0.1) is 5.82 Å². The second-order valence-electron chi connectivity index (χ2n) is 7.52. The molecular formula is C21H18Cl2FN3O3. The van der Waals surface area contributed by atoms with Crippen LogP contribution in [0.25, 0.3) is 11.0 Å². The number of carbonyl (C=O) groups is 2. The Kier molecular flexibility index (Phi) is 5.42. The SMILES string of the molecule is CC1(NC(=O)c2ccc(Cl)c3occc23)CCN(C(=O)c2c(F)ccnc2Cl)CC1. The minimum atomic E-state index is -0.700. The summed E-state index contributed by atoms with van der Waals surface area (Å²) in [5.74, 6) is -1.45. The summed E-state index contributed by atoms with van der Waals surface area (Å²) in [6, 6.07) is 6.09. The van der Waals surface area contributed by atoms with Gasteiger partial charge in [-0.2, -0.15) is 0 Å². The van der Waals surface area contributed by atoms with Crippen molar-refractivity contribution in [2.75, 3.05) is 13.1 Å². The van der Waals surface area contributed by atoms with Gasteiger partial charge in [0.15, 0.2) is 5.58 Å². The third-order valence-electron chi connectivity index (χ3n) is 5.45. The number of hydrogen-bond donors (Lipinski definition) is 1. The molecule has 1 fully saturated rings. The molecule has 1 aliphatic rings. The van der Waals surface area contributed by atoms with Crippen molar-refractivity contribution in [1.29, 1.82) is 0 Å². The molecule has 0 radical (unpaired) electrons. The number of benzene rings is 1. The van der Waals surface area contributed by atoms with Crippen LogP contribution in [-0.4, -0.2) is 40.3 Å². The molecule has 156 valence electrons. The lowest BCUT2D eigenvalue weighted by molar-refractivity contribution is 0.0634. The van der Waals surface area contributed by atoms with E-state index in [9.17, 15) is 14.0 Å². The Morgan fingerprint density at radius 1 is 1.20 bits per heavy atom. The number of fused-ring (bicyclic) bond motifs is 1. The van der Waals surface area contributed by atoms with E-state index >= 15 is 0 Å². The second kappa shape index (κ2) is 7.89. The molecule has 0 unspecified atom stereocenters. The van der Waals surface area contributed by atoms with Gasteiger partial charge in [-0.05, 0) is 44.0 Å². The Hall–Kier alpha value is -2.64. The fraction of sp³-hybridized carbons (Fsp3) is 0.286. The van der Waals surface area contributed by atoms with Crippen LogP contribution in [0.3, 0.4) is 0 Å². The van der Waals surface area contributed by atoms with E-state index in [0.29, 0.717) is 47.5 Å². The topological polar surface area (TPSA) is 75.4 Å². The zero-order valence-electron chi connectivity index (χ0n) is 16.0. The fourth-order valence-electron chi connectivity index (χ4n) is 3.66. The quantitative estimate of drug-likeness (QED) is 0.588. The average molecular weight is 450 g/mol. The van der Waals surface area contributed by atoms with Gasteiger partial charge in [0.05, 0.1) is 16.8 Å². The van der Waals surface area contributed by atoms with Crippen molar-refractivity contribution in [1.82, 2.24) is 15.2 Å². The van der Waals surface area contributed by atoms with Crippen LogP contribution in [-0.2, 0) is 0 Å². The Morgan fingerprint density at radius 3 is 2.63 bits per heavy atom. The predicted octanol–water partition coefficient (Wildman–Crippen LogP) is 4.70. The van der Waals surface area contributed by atoms with Gasteiger partial charge in [0.1, 0.15) is 16.5 Å². The largest absolute Gasteiger partial charge is 0.463 e. The van der Waals surface area contributed by atoms with Gasteiger partial charge in [-0.25, -0.2) is 9.37 Å². The van der Waals surface area contributed by atoms with Crippen molar-refractivity contribution < 1.29 is 18.4 Å². The van der Waals surface area contributed by atoms with E-state index in [2.05, 4.69) is 10.3 Å². The van der Waals surface area contributed by atoms with Crippen molar-refractivity contribution in [3.8, 4) is 0 Å². The van der Waals surface area contributed by atoms with Crippen LogP contribution in [0.4, 0.5) is 4.39 Å². The summed E-state index contributed by atoms with van der Waals surface area (Å²) in [4.78, 5) is 30.9. The molecule has 0 atom stereocenters. The van der Waals surface area contributed by atoms with Gasteiger partial charge in [0.25, 0.3) is 11.8 Å². The Morgan fingerprint density at radius 2 is 1.93 bits per heavy atom. The first kappa shape index (κ1) is 20.6. The molecule has 3 aromatic rings. The van der Waals surface area contributed by atoms with E-state index in [1.165, 1.54) is 17.4 Å². The molecule has 1 aliphatic heterocycles. The number of amides is 2. The third-order valence-corrected chi connectivity index (χ3v) is 6.03. The number of nitrogens with zero attached hydrogens (tertiary/aromatic N) is 2. The van der Waals surface area contributed by atoms with Crippen LogP contribution in [0.1, 0.15) is 40.5 Å². The minimum absolute atomic E-state index is 0.159. The van der Waals surface area contributed by atoms with E-state index in [1.54, 1.807) is 18.2 Å². The number of nitrogens with one attached hydrogen (secondary N) is 1. The van der Waals surface area contributed by atoms with Gasteiger partial charge >= 0.3 is 0 Å². The molecule has 0 saturated carbocycles. The number of pyridine rings is 1. The molecule has 2 amide bonds. The molecule has 1 aromatic carbocycles. The standard InChI is InChI=1S/C21H18Cl2FN3O3/c1-21(26-19(28)13-2-3-14(22)17-12(13)5-11-30-17)6-9-27(10-7-21)20(29)16-15(24)4-8-25-18(16)23/h2-5,8,11H,6-7,9-10H2,1H3,(H,26,28). The van der Waals surface area contributed by atoms with Gasteiger partial charge in [0.2, 0.25) is 0 Å². The highest BCUT2D eigenvalue weighted by Crippen LogP contribution is 2.29. The molecule has 1 saturated heterocycles. The van der Waals surface area contributed by atoms with Crippen LogP contribution in [0.15, 0.2) is 41.1 Å². The maximum absolute atomic E-state index is 14.1.